The first-order valence-electron chi connectivity index (χ1n) is 26.4. The maximum absolute atomic E-state index is 12.7. The predicted octanol–water partition coefficient (Wildman–Crippen LogP) is 9.58. The van der Waals surface area contributed by atoms with Crippen LogP contribution in [0.1, 0.15) is 51.1 Å². The number of carbonyl (C=O) groups excluding carboxylic acids is 3. The Hall–Kier alpha value is -10.1. The maximum Gasteiger partial charge on any atom is 0.265 e. The van der Waals surface area contributed by atoms with Gasteiger partial charge in [-0.05, 0) is 113 Å². The number of ether oxygens (including phenoxy) is 6. The van der Waals surface area contributed by atoms with Crippen molar-refractivity contribution in [1.82, 2.24) is 30.4 Å². The molecule has 0 saturated carbocycles. The molecule has 83 heavy (non-hydrogen) atoms. The van der Waals surface area contributed by atoms with Gasteiger partial charge >= 0.3 is 0 Å². The topological polar surface area (TPSA) is 253 Å². The lowest BCUT2D eigenvalue weighted by molar-refractivity contribution is -0.122. The summed E-state index contributed by atoms with van der Waals surface area (Å²) in [5, 5.41) is 22.6. The van der Waals surface area contributed by atoms with Gasteiger partial charge in [0.05, 0.1) is 84.2 Å². The van der Waals surface area contributed by atoms with Crippen molar-refractivity contribution in [2.75, 3.05) is 62.0 Å². The third-order valence-corrected chi connectivity index (χ3v) is 14.0. The van der Waals surface area contributed by atoms with Crippen molar-refractivity contribution in [1.29, 1.82) is 0 Å². The van der Waals surface area contributed by atoms with Crippen LogP contribution in [0.3, 0.4) is 0 Å². The molecule has 6 aromatic heterocycles. The molecule has 22 nitrogen and oxygen atoms in total. The molecule has 3 aliphatic rings. The number of carbonyl (C=O) groups is 3. The molecular weight excluding hydrogens is 1070 g/mol. The second-order valence-corrected chi connectivity index (χ2v) is 19.5. The standard InChI is InChI=1S/C22H23N3O5.C20H19N3O4.C19H17N3O4/c1-14-22(15(2)30-24-14)17-10-20-18(11-19(17)28-9-8-27-3)25(21(26)13-29-20)12-16-4-6-23-7-5-16;1-12-20(13(2)27-22-12)15-8-18-16(9-17(15)25-3)23(19(24)11-26-18)10-14-4-6-21-7-5-14;1-11-19(12(2)26-21-11)14-7-17-15(8-16(14)23)22(18(24)10-25-17)9-13-3-5-20-6-4-13/h4-7,10-11H,8-9,12-13H2,1-3H3;4-9H,10-11H2,1-3H3;3-8,23H,9-10H2,1-2H3. The number of methoxy groups -OCH3 is 2. The van der Waals surface area contributed by atoms with Gasteiger partial charge in [0.15, 0.2) is 19.8 Å². The highest BCUT2D eigenvalue weighted by Crippen LogP contribution is 2.47. The Kier molecular flexibility index (Phi) is 16.7. The van der Waals surface area contributed by atoms with E-state index in [2.05, 4.69) is 30.4 Å². The van der Waals surface area contributed by atoms with Crippen molar-refractivity contribution in [2.45, 2.75) is 61.2 Å². The minimum Gasteiger partial charge on any atom is -0.507 e. The zero-order valence-electron chi connectivity index (χ0n) is 46.9. The van der Waals surface area contributed by atoms with Gasteiger partial charge in [-0.2, -0.15) is 0 Å². The van der Waals surface area contributed by atoms with Crippen LogP contribution < -0.4 is 38.4 Å². The molecule has 0 aliphatic carbocycles. The van der Waals surface area contributed by atoms with Crippen molar-refractivity contribution < 1.29 is 61.5 Å². The van der Waals surface area contributed by atoms with Gasteiger partial charge in [-0.15, -0.1) is 0 Å². The Balaban J connectivity index is 0.000000139. The Morgan fingerprint density at radius 3 is 1.18 bits per heavy atom. The number of pyridine rings is 3. The van der Waals surface area contributed by atoms with E-state index < -0.39 is 0 Å². The summed E-state index contributed by atoms with van der Waals surface area (Å²) in [6.07, 6.45) is 10.2. The summed E-state index contributed by atoms with van der Waals surface area (Å²) in [5.74, 6) is 4.64. The van der Waals surface area contributed by atoms with Crippen LogP contribution in [0.25, 0.3) is 33.4 Å². The Bertz CT molecular complexity index is 3750. The lowest BCUT2D eigenvalue weighted by Crippen LogP contribution is -2.38. The number of aryl methyl sites for hydroxylation is 6. The highest BCUT2D eigenvalue weighted by Gasteiger charge is 2.32. The fraction of sp³-hybridized carbons (Fsp3) is 0.262. The molecule has 22 heteroatoms. The number of phenolic OH excluding ortho intramolecular Hbond substituents is 1. The van der Waals surface area contributed by atoms with Crippen molar-refractivity contribution in [2.24, 2.45) is 0 Å². The van der Waals surface area contributed by atoms with E-state index in [1.54, 1.807) is 85.2 Å². The number of amides is 3. The summed E-state index contributed by atoms with van der Waals surface area (Å²) in [6.45, 7) is 13.0. The highest BCUT2D eigenvalue weighted by atomic mass is 16.5. The van der Waals surface area contributed by atoms with E-state index in [0.29, 0.717) is 107 Å². The van der Waals surface area contributed by atoms with E-state index in [1.165, 1.54) is 0 Å². The normalized spacial score (nSPS) is 13.3. The molecule has 3 aliphatic heterocycles. The van der Waals surface area contributed by atoms with Crippen molar-refractivity contribution in [3.8, 4) is 67.9 Å². The molecule has 3 aromatic carbocycles. The second kappa shape index (κ2) is 24.7. The average Bonchev–Trinajstić information content (AvgIpc) is 4.26. The molecule has 0 spiro atoms. The molecule has 12 rings (SSSR count). The number of hydrogen-bond acceptors (Lipinski definition) is 19. The smallest absolute Gasteiger partial charge is 0.265 e. The summed E-state index contributed by atoms with van der Waals surface area (Å²) in [7, 11) is 3.22. The molecule has 0 unspecified atom stereocenters. The van der Waals surface area contributed by atoms with E-state index >= 15 is 0 Å². The van der Waals surface area contributed by atoms with Crippen molar-refractivity contribution >= 4 is 34.8 Å². The molecule has 0 fully saturated rings. The molecule has 0 radical (unpaired) electrons. The number of phenols is 1. The third-order valence-electron chi connectivity index (χ3n) is 14.0. The van der Waals surface area contributed by atoms with Gasteiger partial charge in [-0.1, -0.05) is 15.5 Å². The molecule has 3 amide bonds. The molecule has 0 saturated heterocycles. The summed E-state index contributed by atoms with van der Waals surface area (Å²) >= 11 is 0. The number of benzene rings is 3. The lowest BCUT2D eigenvalue weighted by atomic mass is 10.0. The van der Waals surface area contributed by atoms with Gasteiger partial charge in [0.25, 0.3) is 17.7 Å². The summed E-state index contributed by atoms with van der Waals surface area (Å²) in [6, 6.07) is 21.9. The number of rotatable bonds is 14. The highest BCUT2D eigenvalue weighted by molar-refractivity contribution is 6.01. The van der Waals surface area contributed by atoms with Crippen LogP contribution in [-0.4, -0.2) is 101 Å². The van der Waals surface area contributed by atoms with E-state index in [0.717, 1.165) is 55.9 Å². The second-order valence-electron chi connectivity index (χ2n) is 19.5. The minimum atomic E-state index is -0.168. The van der Waals surface area contributed by atoms with E-state index in [4.69, 9.17) is 42.0 Å². The minimum absolute atomic E-state index is 0.00848. The average molecular weight is 1130 g/mol. The zero-order chi connectivity index (χ0) is 58.3. The SMILES string of the molecule is COCCOc1cc2c(cc1-c1c(C)noc1C)OCC(=O)N2Cc1ccncc1.COc1cc2c(cc1-c1c(C)noc1C)OCC(=O)N2Cc1ccncc1.Cc1noc(C)c1-c1cc2c(cc1O)N(Cc1ccncc1)C(=O)CO2. The number of aromatic hydroxyl groups is 1. The van der Waals surface area contributed by atoms with Crippen LogP contribution in [0.2, 0.25) is 0 Å². The largest absolute Gasteiger partial charge is 0.507 e. The van der Waals surface area contributed by atoms with Gasteiger partial charge in [0.2, 0.25) is 0 Å². The van der Waals surface area contributed by atoms with Crippen LogP contribution in [0.15, 0.2) is 124 Å². The quantitative estimate of drug-likeness (QED) is 0.0994. The van der Waals surface area contributed by atoms with Crippen LogP contribution >= 0.6 is 0 Å². The Morgan fingerprint density at radius 1 is 0.470 bits per heavy atom. The van der Waals surface area contributed by atoms with Crippen molar-refractivity contribution in [3.05, 3.63) is 161 Å². The third kappa shape index (κ3) is 12.0. The fourth-order valence-corrected chi connectivity index (χ4v) is 9.94. The Morgan fingerprint density at radius 2 is 0.819 bits per heavy atom. The van der Waals surface area contributed by atoms with Gasteiger partial charge in [-0.3, -0.25) is 29.3 Å². The first-order valence-corrected chi connectivity index (χ1v) is 26.4. The van der Waals surface area contributed by atoms with Gasteiger partial charge in [0.1, 0.15) is 58.4 Å². The molecular formula is C61H59N9O13. The summed E-state index contributed by atoms with van der Waals surface area (Å²) in [5.41, 5.74) is 11.6. The number of hydrogen-bond donors (Lipinski definition) is 1. The predicted molar refractivity (Wildman–Crippen MR) is 303 cm³/mol. The number of aromatic nitrogens is 6. The first-order chi connectivity index (χ1) is 40.2. The maximum atomic E-state index is 12.7. The molecule has 0 atom stereocenters. The lowest BCUT2D eigenvalue weighted by Gasteiger charge is -2.30. The van der Waals surface area contributed by atoms with E-state index in [9.17, 15) is 19.5 Å². The first kappa shape index (κ1) is 56.2. The van der Waals surface area contributed by atoms with Crippen LogP contribution in [-0.2, 0) is 38.8 Å². The van der Waals surface area contributed by atoms with E-state index in [-0.39, 0.29) is 43.3 Å². The molecule has 1 N–H and O–H groups in total. The van der Waals surface area contributed by atoms with E-state index in [1.807, 2.05) is 95.3 Å². The number of anilines is 3. The number of fused-ring (bicyclic) bond motifs is 3. The monoisotopic (exact) mass is 1130 g/mol. The molecule has 9 aromatic rings. The summed E-state index contributed by atoms with van der Waals surface area (Å²) < 4.78 is 49.7. The summed E-state index contributed by atoms with van der Waals surface area (Å²) in [4.78, 5) is 54.6. The van der Waals surface area contributed by atoms with Crippen LogP contribution in [0, 0.1) is 41.5 Å². The fourth-order valence-electron chi connectivity index (χ4n) is 9.94. The molecule has 426 valence electrons. The van der Waals surface area contributed by atoms with Gasteiger partial charge in [-0.25, -0.2) is 0 Å². The van der Waals surface area contributed by atoms with Crippen molar-refractivity contribution in [3.63, 3.8) is 0 Å². The molecule has 0 bridgehead atoms. The van der Waals surface area contributed by atoms with Gasteiger partial charge in [0, 0.05) is 79.2 Å². The number of nitrogens with zero attached hydrogens (tertiary/aromatic N) is 9. The van der Waals surface area contributed by atoms with Crippen LogP contribution in [0.5, 0.6) is 34.5 Å². The Labute approximate surface area is 477 Å². The molecule has 9 heterocycles. The van der Waals surface area contributed by atoms with Gasteiger partial charge < -0.3 is 61.8 Å². The van der Waals surface area contributed by atoms with Crippen LogP contribution in [0.4, 0.5) is 17.1 Å². The zero-order valence-corrected chi connectivity index (χ0v) is 46.9.